The second-order valence-electron chi connectivity index (χ2n) is 6.04. The molecular formula is C19H17N5O4S. The molecule has 4 N–H and O–H groups in total. The van der Waals surface area contributed by atoms with E-state index in [2.05, 4.69) is 26.0 Å². The molecule has 3 rings (SSSR count). The van der Waals surface area contributed by atoms with Gasteiger partial charge in [0.25, 0.3) is 5.91 Å². The maximum Gasteiger partial charge on any atom is 0.257 e. The van der Waals surface area contributed by atoms with Gasteiger partial charge >= 0.3 is 0 Å². The molecule has 148 valence electrons. The predicted molar refractivity (Wildman–Crippen MR) is 108 cm³/mol. The van der Waals surface area contributed by atoms with Gasteiger partial charge in [0.05, 0.1) is 12.6 Å². The number of phenolic OH excluding ortho intramolecular Hbond substituents is 2. The Morgan fingerprint density at radius 1 is 1.10 bits per heavy atom. The van der Waals surface area contributed by atoms with Crippen molar-refractivity contribution in [3.63, 3.8) is 0 Å². The molecule has 0 spiro atoms. The zero-order chi connectivity index (χ0) is 20.8. The van der Waals surface area contributed by atoms with Crippen molar-refractivity contribution in [2.24, 2.45) is 5.10 Å². The number of amides is 2. The number of anilines is 1. The van der Waals surface area contributed by atoms with Crippen LogP contribution in [-0.2, 0) is 11.2 Å². The van der Waals surface area contributed by atoms with Crippen LogP contribution in [0.3, 0.4) is 0 Å². The number of hydrogen-bond acceptors (Lipinski definition) is 8. The molecule has 3 aromatic rings. The van der Waals surface area contributed by atoms with Crippen LogP contribution in [0.15, 0.2) is 47.6 Å². The molecule has 0 unspecified atom stereocenters. The van der Waals surface area contributed by atoms with Crippen molar-refractivity contribution in [3.8, 4) is 11.5 Å². The van der Waals surface area contributed by atoms with Crippen LogP contribution in [0.2, 0.25) is 0 Å². The largest absolute Gasteiger partial charge is 0.504 e. The van der Waals surface area contributed by atoms with Crippen LogP contribution in [-0.4, -0.2) is 38.4 Å². The number of hydrazone groups is 1. The van der Waals surface area contributed by atoms with Crippen LogP contribution < -0.4 is 10.7 Å². The molecule has 0 atom stereocenters. The first-order valence-electron chi connectivity index (χ1n) is 8.45. The summed E-state index contributed by atoms with van der Waals surface area (Å²) in [5.41, 5.74) is 4.38. The lowest BCUT2D eigenvalue weighted by Gasteiger charge is -2.01. The van der Waals surface area contributed by atoms with Crippen molar-refractivity contribution >= 4 is 34.5 Å². The maximum atomic E-state index is 12.2. The highest BCUT2D eigenvalue weighted by molar-refractivity contribution is 7.15. The lowest BCUT2D eigenvalue weighted by molar-refractivity contribution is -0.120. The van der Waals surface area contributed by atoms with Gasteiger partial charge in [-0.05, 0) is 42.8 Å². The Balaban J connectivity index is 1.51. The number of carbonyl (C=O) groups excluding carboxylic acids is 2. The second-order valence-corrected chi connectivity index (χ2v) is 7.10. The Bertz CT molecular complexity index is 1060. The first-order chi connectivity index (χ1) is 13.9. The summed E-state index contributed by atoms with van der Waals surface area (Å²) in [5, 5.41) is 33.5. The Kier molecular flexibility index (Phi) is 6.15. The summed E-state index contributed by atoms with van der Waals surface area (Å²) in [7, 11) is 0. The minimum atomic E-state index is -0.420. The summed E-state index contributed by atoms with van der Waals surface area (Å²) in [6.45, 7) is 1.93. The van der Waals surface area contributed by atoms with E-state index in [1.54, 1.807) is 12.1 Å². The first kappa shape index (κ1) is 20.0. The van der Waals surface area contributed by atoms with E-state index in [0.29, 0.717) is 21.3 Å². The first-order valence-corrected chi connectivity index (χ1v) is 9.26. The summed E-state index contributed by atoms with van der Waals surface area (Å²) >= 11 is 1.09. The molecule has 0 bridgehead atoms. The monoisotopic (exact) mass is 411 g/mol. The van der Waals surface area contributed by atoms with Crippen molar-refractivity contribution < 1.29 is 19.8 Å². The second kappa shape index (κ2) is 8.93. The Hall–Kier alpha value is -3.79. The molecule has 0 saturated carbocycles. The molecule has 0 aliphatic carbocycles. The number of aromatic nitrogens is 2. The zero-order valence-corrected chi connectivity index (χ0v) is 16.1. The van der Waals surface area contributed by atoms with E-state index >= 15 is 0 Å². The van der Waals surface area contributed by atoms with Crippen molar-refractivity contribution in [1.82, 2.24) is 15.6 Å². The molecule has 1 aromatic heterocycles. The minimum absolute atomic E-state index is 0.0593. The molecule has 10 heteroatoms. The van der Waals surface area contributed by atoms with Crippen LogP contribution in [0.25, 0.3) is 0 Å². The highest BCUT2D eigenvalue weighted by Gasteiger charge is 2.12. The summed E-state index contributed by atoms with van der Waals surface area (Å²) in [4.78, 5) is 24.1. The lowest BCUT2D eigenvalue weighted by Crippen LogP contribution is -2.19. The van der Waals surface area contributed by atoms with E-state index in [1.807, 2.05) is 19.1 Å². The van der Waals surface area contributed by atoms with Gasteiger partial charge in [-0.2, -0.15) is 5.10 Å². The standard InChI is InChI=1S/C19H17N5O4S/c1-11-2-5-13(6-3-11)18(28)21-19-24-23-17(29-19)9-16(27)22-20-10-12-4-7-14(25)15(26)8-12/h2-8,10,25-26H,9H2,1H3,(H,22,27)(H,21,24,28)/b20-10-. The van der Waals surface area contributed by atoms with Gasteiger partial charge in [-0.25, -0.2) is 5.43 Å². The average molecular weight is 411 g/mol. The van der Waals surface area contributed by atoms with Crippen molar-refractivity contribution in [3.05, 3.63) is 64.2 Å². The summed E-state index contributed by atoms with van der Waals surface area (Å²) < 4.78 is 0. The minimum Gasteiger partial charge on any atom is -0.504 e. The SMILES string of the molecule is Cc1ccc(C(=O)Nc2nnc(CC(=O)N/N=C\c3ccc(O)c(O)c3)s2)cc1. The molecule has 0 fully saturated rings. The van der Waals surface area contributed by atoms with Crippen LogP contribution in [0.5, 0.6) is 11.5 Å². The maximum absolute atomic E-state index is 12.2. The van der Waals surface area contributed by atoms with E-state index in [-0.39, 0.29) is 23.8 Å². The summed E-state index contributed by atoms with van der Waals surface area (Å²) in [5.74, 6) is -1.25. The molecular weight excluding hydrogens is 394 g/mol. The van der Waals surface area contributed by atoms with E-state index in [9.17, 15) is 19.8 Å². The van der Waals surface area contributed by atoms with Gasteiger partial charge < -0.3 is 10.2 Å². The molecule has 29 heavy (non-hydrogen) atoms. The Morgan fingerprint density at radius 2 is 1.86 bits per heavy atom. The van der Waals surface area contributed by atoms with E-state index in [1.165, 1.54) is 24.4 Å². The van der Waals surface area contributed by atoms with Crippen LogP contribution in [0.1, 0.15) is 26.5 Å². The van der Waals surface area contributed by atoms with Crippen LogP contribution >= 0.6 is 11.3 Å². The third-order valence-electron chi connectivity index (χ3n) is 3.72. The Labute approximate surface area is 169 Å². The number of phenols is 2. The van der Waals surface area contributed by atoms with Crippen molar-refractivity contribution in [2.75, 3.05) is 5.32 Å². The topological polar surface area (TPSA) is 137 Å². The normalized spacial score (nSPS) is 10.8. The van der Waals surface area contributed by atoms with Crippen LogP contribution in [0.4, 0.5) is 5.13 Å². The number of aromatic hydroxyl groups is 2. The average Bonchev–Trinajstić information content (AvgIpc) is 3.11. The number of carbonyl (C=O) groups is 2. The predicted octanol–water partition coefficient (Wildman–Crippen LogP) is 2.20. The highest BCUT2D eigenvalue weighted by atomic mass is 32.1. The molecule has 0 saturated heterocycles. The Morgan fingerprint density at radius 3 is 2.59 bits per heavy atom. The molecule has 2 amide bonds. The fraction of sp³-hybridized carbons (Fsp3) is 0.105. The number of nitrogens with one attached hydrogen (secondary N) is 2. The van der Waals surface area contributed by atoms with Gasteiger partial charge in [0.2, 0.25) is 11.0 Å². The van der Waals surface area contributed by atoms with E-state index in [0.717, 1.165) is 16.9 Å². The lowest BCUT2D eigenvalue weighted by atomic mass is 10.1. The van der Waals surface area contributed by atoms with Gasteiger partial charge in [0.1, 0.15) is 5.01 Å². The summed E-state index contributed by atoms with van der Waals surface area (Å²) in [6.07, 6.45) is 1.26. The molecule has 2 aromatic carbocycles. The molecule has 0 aliphatic rings. The van der Waals surface area contributed by atoms with Crippen LogP contribution in [0, 0.1) is 6.92 Å². The third-order valence-corrected chi connectivity index (χ3v) is 4.55. The summed E-state index contributed by atoms with van der Waals surface area (Å²) in [6, 6.07) is 11.2. The number of rotatable bonds is 6. The van der Waals surface area contributed by atoms with Gasteiger partial charge in [-0.1, -0.05) is 29.0 Å². The fourth-order valence-corrected chi connectivity index (χ4v) is 2.96. The highest BCUT2D eigenvalue weighted by Crippen LogP contribution is 2.24. The third kappa shape index (κ3) is 5.59. The van der Waals surface area contributed by atoms with Crippen molar-refractivity contribution in [1.29, 1.82) is 0 Å². The number of benzene rings is 2. The quantitative estimate of drug-likeness (QED) is 0.279. The van der Waals surface area contributed by atoms with E-state index < -0.39 is 5.91 Å². The van der Waals surface area contributed by atoms with Crippen molar-refractivity contribution in [2.45, 2.75) is 13.3 Å². The van der Waals surface area contributed by atoms with Gasteiger partial charge in [0, 0.05) is 5.56 Å². The van der Waals surface area contributed by atoms with Gasteiger partial charge in [-0.15, -0.1) is 10.2 Å². The molecule has 0 radical (unpaired) electrons. The zero-order valence-electron chi connectivity index (χ0n) is 15.3. The van der Waals surface area contributed by atoms with Gasteiger partial charge in [-0.3, -0.25) is 14.9 Å². The van der Waals surface area contributed by atoms with Gasteiger partial charge in [0.15, 0.2) is 11.5 Å². The smallest absolute Gasteiger partial charge is 0.257 e. The fourth-order valence-electron chi connectivity index (χ4n) is 2.23. The van der Waals surface area contributed by atoms with E-state index in [4.69, 9.17) is 0 Å². The number of aryl methyl sites for hydroxylation is 1. The number of nitrogens with zero attached hydrogens (tertiary/aromatic N) is 3. The number of hydrogen-bond donors (Lipinski definition) is 4. The molecule has 1 heterocycles. The molecule has 0 aliphatic heterocycles. The molecule has 9 nitrogen and oxygen atoms in total.